The van der Waals surface area contributed by atoms with E-state index in [2.05, 4.69) is 5.10 Å². The molecule has 0 aliphatic carbocycles. The van der Waals surface area contributed by atoms with Crippen molar-refractivity contribution in [1.82, 2.24) is 9.78 Å². The van der Waals surface area contributed by atoms with E-state index in [0.717, 1.165) is 11.1 Å². The largest absolute Gasteiger partial charge is 0.497 e. The van der Waals surface area contributed by atoms with Crippen LogP contribution in [-0.2, 0) is 13.7 Å². The van der Waals surface area contributed by atoms with Crippen molar-refractivity contribution in [1.29, 1.82) is 0 Å². The number of hydrogen-bond acceptors (Lipinski definition) is 4. The molecule has 0 bridgehead atoms. The van der Waals surface area contributed by atoms with Gasteiger partial charge in [-0.05, 0) is 12.1 Å². The summed E-state index contributed by atoms with van der Waals surface area (Å²) in [5.41, 5.74) is 7.33. The van der Waals surface area contributed by atoms with Crippen LogP contribution in [-0.4, -0.2) is 21.9 Å². The number of methoxy groups -OCH3 is 1. The summed E-state index contributed by atoms with van der Waals surface area (Å²) in [7, 11) is 3.45. The van der Waals surface area contributed by atoms with E-state index >= 15 is 0 Å². The van der Waals surface area contributed by atoms with Crippen LogP contribution in [0.5, 0.6) is 11.5 Å². The topological polar surface area (TPSA) is 62.3 Å². The van der Waals surface area contributed by atoms with Gasteiger partial charge in [-0.1, -0.05) is 12.2 Å². The minimum absolute atomic E-state index is 0.310. The Kier molecular flexibility index (Phi) is 4.01. The Morgan fingerprint density at radius 1 is 1.37 bits per heavy atom. The van der Waals surface area contributed by atoms with Gasteiger partial charge in [-0.15, -0.1) is 0 Å². The number of aryl methyl sites for hydroxylation is 1. The Bertz CT molecular complexity index is 595. The van der Waals surface area contributed by atoms with Crippen molar-refractivity contribution in [2.45, 2.75) is 6.61 Å². The fourth-order valence-corrected chi connectivity index (χ4v) is 1.75. The molecular weight excluding hydrogens is 262 g/mol. The maximum Gasteiger partial charge on any atom is 0.124 e. The molecular formula is C13H15N3O2S. The summed E-state index contributed by atoms with van der Waals surface area (Å²) in [6, 6.07) is 5.36. The normalized spacial score (nSPS) is 10.2. The van der Waals surface area contributed by atoms with E-state index < -0.39 is 0 Å². The number of nitrogens with zero attached hydrogens (tertiary/aromatic N) is 2. The maximum atomic E-state index is 5.69. The van der Waals surface area contributed by atoms with Crippen molar-refractivity contribution in [3.8, 4) is 11.5 Å². The van der Waals surface area contributed by atoms with E-state index in [1.807, 2.05) is 13.2 Å². The third kappa shape index (κ3) is 3.45. The van der Waals surface area contributed by atoms with Crippen molar-refractivity contribution in [3.63, 3.8) is 0 Å². The molecule has 0 atom stereocenters. The molecule has 6 heteroatoms. The molecule has 5 nitrogen and oxygen atoms in total. The summed E-state index contributed by atoms with van der Waals surface area (Å²) in [5, 5.41) is 4.08. The third-order valence-electron chi connectivity index (χ3n) is 2.56. The molecule has 2 rings (SSSR count). The second-order valence-electron chi connectivity index (χ2n) is 4.07. The van der Waals surface area contributed by atoms with Crippen LogP contribution in [0.15, 0.2) is 30.6 Å². The van der Waals surface area contributed by atoms with Gasteiger partial charge in [0.1, 0.15) is 23.1 Å². The molecule has 1 heterocycles. The van der Waals surface area contributed by atoms with Crippen LogP contribution in [0.3, 0.4) is 0 Å². The van der Waals surface area contributed by atoms with E-state index in [9.17, 15) is 0 Å². The summed E-state index contributed by atoms with van der Waals surface area (Å²) in [5.74, 6) is 1.32. The van der Waals surface area contributed by atoms with Crippen molar-refractivity contribution < 1.29 is 9.47 Å². The van der Waals surface area contributed by atoms with Crippen LogP contribution >= 0.6 is 12.2 Å². The molecule has 0 aliphatic heterocycles. The highest BCUT2D eigenvalue weighted by Gasteiger charge is 2.05. The minimum atomic E-state index is 0.310. The number of hydrogen-bond donors (Lipinski definition) is 1. The molecule has 2 N–H and O–H groups in total. The van der Waals surface area contributed by atoms with Gasteiger partial charge < -0.3 is 15.2 Å². The van der Waals surface area contributed by atoms with Gasteiger partial charge in [0.15, 0.2) is 0 Å². The van der Waals surface area contributed by atoms with E-state index in [1.165, 1.54) is 0 Å². The molecule has 0 fully saturated rings. The Hall–Kier alpha value is -2.08. The van der Waals surface area contributed by atoms with Crippen LogP contribution in [0.25, 0.3) is 0 Å². The van der Waals surface area contributed by atoms with Gasteiger partial charge in [0.05, 0.1) is 13.3 Å². The smallest absolute Gasteiger partial charge is 0.124 e. The first-order valence-corrected chi connectivity index (χ1v) is 6.08. The molecule has 0 saturated heterocycles. The number of rotatable bonds is 5. The molecule has 19 heavy (non-hydrogen) atoms. The van der Waals surface area contributed by atoms with E-state index in [1.54, 1.807) is 36.2 Å². The summed E-state index contributed by atoms with van der Waals surface area (Å²) < 4.78 is 12.6. The van der Waals surface area contributed by atoms with Gasteiger partial charge in [0, 0.05) is 30.4 Å². The van der Waals surface area contributed by atoms with Gasteiger partial charge in [-0.3, -0.25) is 4.68 Å². The van der Waals surface area contributed by atoms with Crippen molar-refractivity contribution in [2.24, 2.45) is 12.8 Å². The van der Waals surface area contributed by atoms with Gasteiger partial charge >= 0.3 is 0 Å². The number of aromatic nitrogens is 2. The zero-order valence-corrected chi connectivity index (χ0v) is 11.6. The van der Waals surface area contributed by atoms with Crippen molar-refractivity contribution >= 4 is 17.2 Å². The van der Waals surface area contributed by atoms with Crippen LogP contribution in [0, 0.1) is 0 Å². The first-order chi connectivity index (χ1) is 9.08. The summed E-state index contributed by atoms with van der Waals surface area (Å²) in [4.78, 5) is 0.310. The Balaban J connectivity index is 2.15. The average molecular weight is 277 g/mol. The van der Waals surface area contributed by atoms with Gasteiger partial charge in [0.2, 0.25) is 0 Å². The molecule has 0 radical (unpaired) electrons. The SMILES string of the molecule is COc1cc(OCc2cnn(C)c2)cc(C(N)=S)c1. The second kappa shape index (κ2) is 5.71. The van der Waals surface area contributed by atoms with Crippen molar-refractivity contribution in [2.75, 3.05) is 7.11 Å². The number of ether oxygens (including phenoxy) is 2. The predicted molar refractivity (Wildman–Crippen MR) is 76.4 cm³/mol. The van der Waals surface area contributed by atoms with E-state index in [-0.39, 0.29) is 0 Å². The number of nitrogens with two attached hydrogens (primary N) is 1. The lowest BCUT2D eigenvalue weighted by Crippen LogP contribution is -2.09. The number of thiocarbonyl (C=S) groups is 1. The average Bonchev–Trinajstić information content (AvgIpc) is 2.81. The summed E-state index contributed by atoms with van der Waals surface area (Å²) in [6.45, 7) is 0.428. The molecule has 0 aliphatic rings. The van der Waals surface area contributed by atoms with Crippen molar-refractivity contribution in [3.05, 3.63) is 41.7 Å². The summed E-state index contributed by atoms with van der Waals surface area (Å²) >= 11 is 4.96. The zero-order valence-electron chi connectivity index (χ0n) is 10.8. The summed E-state index contributed by atoms with van der Waals surface area (Å²) in [6.07, 6.45) is 3.66. The lowest BCUT2D eigenvalue weighted by Gasteiger charge is -2.09. The molecule has 0 saturated carbocycles. The van der Waals surface area contributed by atoms with E-state index in [0.29, 0.717) is 23.1 Å². The van der Waals surface area contributed by atoms with Gasteiger partial charge in [-0.2, -0.15) is 5.10 Å². The van der Waals surface area contributed by atoms with Gasteiger partial charge in [-0.25, -0.2) is 0 Å². The first kappa shape index (κ1) is 13.4. The standard InChI is InChI=1S/C13H15N3O2S/c1-16-7-9(6-15-16)8-18-12-4-10(13(14)19)3-11(5-12)17-2/h3-7H,8H2,1-2H3,(H2,14,19). The van der Waals surface area contributed by atoms with Gasteiger partial charge in [0.25, 0.3) is 0 Å². The maximum absolute atomic E-state index is 5.69. The van der Waals surface area contributed by atoms with Crippen LogP contribution in [0.1, 0.15) is 11.1 Å². The highest BCUT2D eigenvalue weighted by Crippen LogP contribution is 2.23. The molecule has 0 unspecified atom stereocenters. The van der Waals surface area contributed by atoms with Crippen LogP contribution in [0.4, 0.5) is 0 Å². The second-order valence-corrected chi connectivity index (χ2v) is 4.51. The zero-order chi connectivity index (χ0) is 13.8. The lowest BCUT2D eigenvalue weighted by atomic mass is 10.2. The van der Waals surface area contributed by atoms with E-state index in [4.69, 9.17) is 27.4 Å². The first-order valence-electron chi connectivity index (χ1n) is 5.67. The fraction of sp³-hybridized carbons (Fsp3) is 0.231. The molecule has 0 amide bonds. The minimum Gasteiger partial charge on any atom is -0.497 e. The third-order valence-corrected chi connectivity index (χ3v) is 2.80. The lowest BCUT2D eigenvalue weighted by molar-refractivity contribution is 0.303. The number of benzene rings is 1. The molecule has 100 valence electrons. The Morgan fingerprint density at radius 2 is 2.11 bits per heavy atom. The predicted octanol–water partition coefficient (Wildman–Crippen LogP) is 1.64. The van der Waals surface area contributed by atoms with Crippen LogP contribution in [0.2, 0.25) is 0 Å². The highest BCUT2D eigenvalue weighted by atomic mass is 32.1. The highest BCUT2D eigenvalue weighted by molar-refractivity contribution is 7.80. The fourth-order valence-electron chi connectivity index (χ4n) is 1.63. The molecule has 2 aromatic rings. The van der Waals surface area contributed by atoms with Crippen LogP contribution < -0.4 is 15.2 Å². The monoisotopic (exact) mass is 277 g/mol. The molecule has 0 spiro atoms. The quantitative estimate of drug-likeness (QED) is 0.842. The molecule has 1 aromatic carbocycles. The Morgan fingerprint density at radius 3 is 2.68 bits per heavy atom. The molecule has 1 aromatic heterocycles. The Labute approximate surface area is 116 Å².